The molecule has 42 heavy (non-hydrogen) atoms. The van der Waals surface area contributed by atoms with E-state index in [0.29, 0.717) is 11.1 Å². The summed E-state index contributed by atoms with van der Waals surface area (Å²) in [6.07, 6.45) is -3.92. The lowest BCUT2D eigenvalue weighted by Gasteiger charge is -2.50. The molecule has 0 aliphatic carbocycles. The van der Waals surface area contributed by atoms with Crippen molar-refractivity contribution in [3.05, 3.63) is 82.4 Å². The molecule has 0 spiro atoms. The number of aliphatic hydroxyl groups excluding tert-OH is 2. The summed E-state index contributed by atoms with van der Waals surface area (Å²) in [6.45, 7) is 0. The summed E-state index contributed by atoms with van der Waals surface area (Å²) >= 11 is 0. The molecule has 5 atom stereocenters. The van der Waals surface area contributed by atoms with Crippen LogP contribution in [-0.4, -0.2) is 58.2 Å². The Morgan fingerprint density at radius 3 is 2.05 bits per heavy atom. The monoisotopic (exact) mass is 576 g/mol. The number of phenols is 7. The SMILES string of the molecule is Oc1cc(O)c2c(c1)OC1(c3ccc(O)c(O)c3)Oc3c4c(cc(O)c3C2C1O)OC(c1ccc(O)c(O)c1)C(O)C4. The molecule has 3 aliphatic heterocycles. The van der Waals surface area contributed by atoms with Crippen molar-refractivity contribution in [1.82, 2.24) is 0 Å². The van der Waals surface area contributed by atoms with E-state index in [2.05, 4.69) is 0 Å². The topological polar surface area (TPSA) is 210 Å². The smallest absolute Gasteiger partial charge is 0.305 e. The van der Waals surface area contributed by atoms with Crippen LogP contribution in [0.3, 0.4) is 0 Å². The molecule has 4 aromatic rings. The van der Waals surface area contributed by atoms with Gasteiger partial charge in [-0.2, -0.15) is 0 Å². The average Bonchev–Trinajstić information content (AvgIpc) is 2.92. The molecule has 4 aromatic carbocycles. The fourth-order valence-corrected chi connectivity index (χ4v) is 6.09. The van der Waals surface area contributed by atoms with Crippen molar-refractivity contribution in [3.63, 3.8) is 0 Å². The van der Waals surface area contributed by atoms with Gasteiger partial charge in [-0.25, -0.2) is 0 Å². The summed E-state index contributed by atoms with van der Waals surface area (Å²) in [5.41, 5.74) is 0.813. The number of aliphatic hydroxyl groups is 2. The molecular formula is C30H24O12. The molecule has 0 radical (unpaired) electrons. The maximum atomic E-state index is 11.8. The zero-order valence-corrected chi connectivity index (χ0v) is 21.5. The molecule has 0 saturated carbocycles. The lowest BCUT2D eigenvalue weighted by molar-refractivity contribution is -0.219. The maximum absolute atomic E-state index is 11.8. The van der Waals surface area contributed by atoms with Crippen LogP contribution in [0.4, 0.5) is 0 Å². The van der Waals surface area contributed by atoms with Crippen molar-refractivity contribution >= 4 is 0 Å². The standard InChI is InChI=1S/C30H24O12/c31-13-7-19(36)24-23(8-13)41-30(12-2-4-16(33)18(35)6-12)29(39)26(24)25-20(37)10-22-14(28(25)42-30)9-21(38)27(40-22)11-1-3-15(32)17(34)5-11/h1-8,10,21,26-27,29,31-39H,9H2. The Kier molecular flexibility index (Phi) is 5.30. The van der Waals surface area contributed by atoms with E-state index in [1.165, 1.54) is 42.5 Å². The highest BCUT2D eigenvalue weighted by Gasteiger charge is 2.60. The summed E-state index contributed by atoms with van der Waals surface area (Å²) in [7, 11) is 0. The Bertz CT molecular complexity index is 1790. The van der Waals surface area contributed by atoms with Crippen LogP contribution in [0.1, 0.15) is 39.8 Å². The predicted octanol–water partition coefficient (Wildman–Crippen LogP) is 2.79. The molecule has 5 unspecified atom stereocenters. The third-order valence-electron chi connectivity index (χ3n) is 8.03. The zero-order chi connectivity index (χ0) is 29.7. The lowest BCUT2D eigenvalue weighted by atomic mass is 9.74. The van der Waals surface area contributed by atoms with Gasteiger partial charge >= 0.3 is 5.79 Å². The van der Waals surface area contributed by atoms with Crippen molar-refractivity contribution in [3.8, 4) is 57.5 Å². The normalized spacial score (nSPS) is 25.2. The third kappa shape index (κ3) is 3.49. The highest BCUT2D eigenvalue weighted by molar-refractivity contribution is 5.68. The van der Waals surface area contributed by atoms with Crippen LogP contribution in [0.25, 0.3) is 0 Å². The fourth-order valence-electron chi connectivity index (χ4n) is 6.09. The number of ether oxygens (including phenoxy) is 3. The Balaban J connectivity index is 1.44. The van der Waals surface area contributed by atoms with Crippen LogP contribution < -0.4 is 14.2 Å². The first-order valence-corrected chi connectivity index (χ1v) is 12.9. The number of hydrogen-bond acceptors (Lipinski definition) is 12. The molecule has 2 bridgehead atoms. The van der Waals surface area contributed by atoms with E-state index >= 15 is 0 Å². The van der Waals surface area contributed by atoms with E-state index < -0.39 is 53.0 Å². The highest BCUT2D eigenvalue weighted by atomic mass is 16.7. The van der Waals surface area contributed by atoms with Crippen LogP contribution >= 0.6 is 0 Å². The van der Waals surface area contributed by atoms with Crippen LogP contribution in [0, 0.1) is 0 Å². The van der Waals surface area contributed by atoms with E-state index in [1.54, 1.807) is 0 Å². The fraction of sp³-hybridized carbons (Fsp3) is 0.200. The molecule has 216 valence electrons. The van der Waals surface area contributed by atoms with Gasteiger partial charge in [-0.3, -0.25) is 0 Å². The van der Waals surface area contributed by atoms with Gasteiger partial charge in [-0.1, -0.05) is 6.07 Å². The summed E-state index contributed by atoms with van der Waals surface area (Å²) in [5.74, 6) is -6.17. The van der Waals surface area contributed by atoms with Crippen molar-refractivity contribution in [2.45, 2.75) is 36.4 Å². The minimum Gasteiger partial charge on any atom is -0.508 e. The molecule has 0 fully saturated rings. The predicted molar refractivity (Wildman–Crippen MR) is 141 cm³/mol. The van der Waals surface area contributed by atoms with E-state index in [0.717, 1.165) is 12.1 Å². The third-order valence-corrected chi connectivity index (χ3v) is 8.03. The minimum absolute atomic E-state index is 0.0166. The maximum Gasteiger partial charge on any atom is 0.305 e. The zero-order valence-electron chi connectivity index (χ0n) is 21.5. The Labute approximate surface area is 236 Å². The quantitative estimate of drug-likeness (QED) is 0.158. The number of benzene rings is 4. The van der Waals surface area contributed by atoms with Gasteiger partial charge in [0.2, 0.25) is 0 Å². The second kappa shape index (κ2) is 8.65. The summed E-state index contributed by atoms with van der Waals surface area (Å²) < 4.78 is 18.6. The van der Waals surface area contributed by atoms with Gasteiger partial charge in [-0.15, -0.1) is 0 Å². The molecule has 12 nitrogen and oxygen atoms in total. The molecule has 3 aliphatic rings. The lowest BCUT2D eigenvalue weighted by Crippen LogP contribution is -2.57. The molecule has 0 aromatic heterocycles. The number of rotatable bonds is 2. The molecule has 7 rings (SSSR count). The van der Waals surface area contributed by atoms with Gasteiger partial charge in [-0.05, 0) is 35.9 Å². The highest BCUT2D eigenvalue weighted by Crippen LogP contribution is 2.62. The van der Waals surface area contributed by atoms with Crippen LogP contribution in [0.2, 0.25) is 0 Å². The van der Waals surface area contributed by atoms with E-state index in [9.17, 15) is 46.0 Å². The van der Waals surface area contributed by atoms with Gasteiger partial charge in [0.1, 0.15) is 46.7 Å². The Morgan fingerprint density at radius 1 is 0.643 bits per heavy atom. The number of fused-ring (bicyclic) bond motifs is 8. The minimum atomic E-state index is -2.12. The number of phenolic OH excluding ortho intramolecular Hbond substituents is 7. The summed E-state index contributed by atoms with van der Waals surface area (Å²) in [4.78, 5) is 0. The van der Waals surface area contributed by atoms with Crippen LogP contribution in [0.5, 0.6) is 57.5 Å². The van der Waals surface area contributed by atoms with Gasteiger partial charge in [0.05, 0.1) is 12.0 Å². The van der Waals surface area contributed by atoms with Gasteiger partial charge in [0.25, 0.3) is 0 Å². The molecule has 0 amide bonds. The van der Waals surface area contributed by atoms with Gasteiger partial charge in [0.15, 0.2) is 23.0 Å². The van der Waals surface area contributed by atoms with Crippen molar-refractivity contribution < 1.29 is 60.2 Å². The first kappa shape index (κ1) is 25.7. The Morgan fingerprint density at radius 2 is 1.33 bits per heavy atom. The molecule has 12 heteroatoms. The van der Waals surface area contributed by atoms with E-state index in [4.69, 9.17) is 14.2 Å². The first-order chi connectivity index (χ1) is 20.0. The summed E-state index contributed by atoms with van der Waals surface area (Å²) in [6, 6.07) is 11.2. The molecular weight excluding hydrogens is 552 g/mol. The second-order valence-electron chi connectivity index (χ2n) is 10.5. The van der Waals surface area contributed by atoms with Gasteiger partial charge < -0.3 is 60.2 Å². The molecule has 9 N–H and O–H groups in total. The van der Waals surface area contributed by atoms with Gasteiger partial charge in [0, 0.05) is 46.9 Å². The van der Waals surface area contributed by atoms with E-state index in [1.807, 2.05) is 0 Å². The molecule has 0 saturated heterocycles. The van der Waals surface area contributed by atoms with Crippen LogP contribution in [0.15, 0.2) is 54.6 Å². The summed E-state index contributed by atoms with van der Waals surface area (Å²) in [5, 5.41) is 95.1. The largest absolute Gasteiger partial charge is 0.508 e. The molecule has 3 heterocycles. The van der Waals surface area contributed by atoms with Crippen LogP contribution in [-0.2, 0) is 12.2 Å². The van der Waals surface area contributed by atoms with Crippen molar-refractivity contribution in [2.75, 3.05) is 0 Å². The Hall–Kier alpha value is -5.20. The van der Waals surface area contributed by atoms with Crippen molar-refractivity contribution in [2.24, 2.45) is 0 Å². The first-order valence-electron chi connectivity index (χ1n) is 12.9. The number of aromatic hydroxyl groups is 7. The van der Waals surface area contributed by atoms with Crippen molar-refractivity contribution in [1.29, 1.82) is 0 Å². The second-order valence-corrected chi connectivity index (χ2v) is 10.5. The number of hydrogen-bond donors (Lipinski definition) is 9. The average molecular weight is 577 g/mol. The van der Waals surface area contributed by atoms with E-state index in [-0.39, 0.29) is 57.6 Å².